The van der Waals surface area contributed by atoms with Gasteiger partial charge in [-0.25, -0.2) is 13.9 Å². The van der Waals surface area contributed by atoms with Crippen LogP contribution in [0.3, 0.4) is 0 Å². The number of esters is 1. The molecule has 2 heterocycles. The van der Waals surface area contributed by atoms with Crippen LogP contribution < -0.4 is 10.2 Å². The molecular formula is C25H35FN6O3. The number of ether oxygens (including phenoxy) is 1. The standard InChI is InChI=1S/C25H35FN6O3/c1-4-29-11-13-30(14-12-29)24-22(18(3)28-32(24)21-8-6-7-19(26)15-21)17-31(20-9-10-20)25(34)27-16-23(33)35-5-2/h6-8,15,20H,4-5,9-14,16-17H2,1-3H3,(H,27,34). The molecule has 1 aliphatic heterocycles. The van der Waals surface area contributed by atoms with Gasteiger partial charge in [0.15, 0.2) is 0 Å². The zero-order valence-electron chi connectivity index (χ0n) is 20.8. The van der Waals surface area contributed by atoms with Crippen molar-refractivity contribution in [3.63, 3.8) is 0 Å². The highest BCUT2D eigenvalue weighted by molar-refractivity contribution is 5.81. The molecule has 35 heavy (non-hydrogen) atoms. The summed E-state index contributed by atoms with van der Waals surface area (Å²) in [4.78, 5) is 31.3. The van der Waals surface area contributed by atoms with Crippen molar-refractivity contribution < 1.29 is 18.7 Å². The summed E-state index contributed by atoms with van der Waals surface area (Å²) in [5.74, 6) is 0.116. The minimum Gasteiger partial charge on any atom is -0.465 e. The first-order valence-electron chi connectivity index (χ1n) is 12.4. The van der Waals surface area contributed by atoms with Crippen LogP contribution in [0.5, 0.6) is 0 Å². The molecule has 0 radical (unpaired) electrons. The Kier molecular flexibility index (Phi) is 7.90. The fourth-order valence-corrected chi connectivity index (χ4v) is 4.51. The first kappa shape index (κ1) is 25.0. The summed E-state index contributed by atoms with van der Waals surface area (Å²) in [7, 11) is 0. The summed E-state index contributed by atoms with van der Waals surface area (Å²) in [6, 6.07) is 6.25. The van der Waals surface area contributed by atoms with E-state index in [-0.39, 0.29) is 31.0 Å². The van der Waals surface area contributed by atoms with Crippen LogP contribution in [0.25, 0.3) is 5.69 Å². The molecule has 2 aliphatic rings. The first-order chi connectivity index (χ1) is 16.9. The molecule has 2 fully saturated rings. The Labute approximate surface area is 205 Å². The molecule has 1 aliphatic carbocycles. The van der Waals surface area contributed by atoms with Crippen LogP contribution >= 0.6 is 0 Å². The molecule has 0 unspecified atom stereocenters. The number of amides is 2. The highest BCUT2D eigenvalue weighted by Crippen LogP contribution is 2.34. The fraction of sp³-hybridized carbons (Fsp3) is 0.560. The lowest BCUT2D eigenvalue weighted by atomic mass is 10.2. The maximum Gasteiger partial charge on any atom is 0.325 e. The van der Waals surface area contributed by atoms with E-state index in [9.17, 15) is 14.0 Å². The van der Waals surface area contributed by atoms with Crippen molar-refractivity contribution in [1.82, 2.24) is 24.9 Å². The summed E-state index contributed by atoms with van der Waals surface area (Å²) in [6.07, 6.45) is 1.85. The van der Waals surface area contributed by atoms with Gasteiger partial charge in [-0.2, -0.15) is 5.10 Å². The Morgan fingerprint density at radius 3 is 2.57 bits per heavy atom. The Morgan fingerprint density at radius 2 is 1.94 bits per heavy atom. The van der Waals surface area contributed by atoms with Crippen LogP contribution in [-0.4, -0.2) is 83.5 Å². The number of piperazine rings is 1. The molecule has 0 bridgehead atoms. The lowest BCUT2D eigenvalue weighted by Gasteiger charge is -2.36. The van der Waals surface area contributed by atoms with Gasteiger partial charge in [0.2, 0.25) is 0 Å². The molecule has 1 saturated carbocycles. The van der Waals surface area contributed by atoms with Crippen LogP contribution in [0.4, 0.5) is 15.0 Å². The number of anilines is 1. The van der Waals surface area contributed by atoms with Crippen molar-refractivity contribution in [2.24, 2.45) is 0 Å². The number of rotatable bonds is 9. The third kappa shape index (κ3) is 5.93. The number of benzene rings is 1. The monoisotopic (exact) mass is 486 g/mol. The van der Waals surface area contributed by atoms with Gasteiger partial charge in [0.05, 0.1) is 24.5 Å². The van der Waals surface area contributed by atoms with Crippen LogP contribution in [0.1, 0.15) is 37.9 Å². The summed E-state index contributed by atoms with van der Waals surface area (Å²) in [6.45, 7) is 10.8. The number of aromatic nitrogens is 2. The second-order valence-corrected chi connectivity index (χ2v) is 9.02. The van der Waals surface area contributed by atoms with E-state index in [0.717, 1.165) is 62.6 Å². The second-order valence-electron chi connectivity index (χ2n) is 9.02. The molecule has 1 aromatic heterocycles. The molecule has 9 nitrogen and oxygen atoms in total. The average molecular weight is 487 g/mol. The van der Waals surface area contributed by atoms with Crippen molar-refractivity contribution in [2.45, 2.75) is 46.2 Å². The molecule has 0 spiro atoms. The van der Waals surface area contributed by atoms with E-state index in [2.05, 4.69) is 22.0 Å². The molecular weight excluding hydrogens is 451 g/mol. The number of carbonyl (C=O) groups is 2. The van der Waals surface area contributed by atoms with Gasteiger partial charge in [0, 0.05) is 37.8 Å². The number of nitrogens with one attached hydrogen (secondary N) is 1. The smallest absolute Gasteiger partial charge is 0.325 e. The summed E-state index contributed by atoms with van der Waals surface area (Å²) >= 11 is 0. The lowest BCUT2D eigenvalue weighted by Crippen LogP contribution is -2.47. The van der Waals surface area contributed by atoms with E-state index in [1.807, 2.05) is 13.0 Å². The number of halogens is 1. The first-order valence-corrected chi connectivity index (χ1v) is 12.4. The number of aryl methyl sites for hydroxylation is 1. The predicted molar refractivity (Wildman–Crippen MR) is 131 cm³/mol. The Balaban J connectivity index is 1.64. The highest BCUT2D eigenvalue weighted by atomic mass is 19.1. The van der Waals surface area contributed by atoms with Gasteiger partial charge >= 0.3 is 12.0 Å². The fourth-order valence-electron chi connectivity index (χ4n) is 4.51. The minimum absolute atomic E-state index is 0.124. The maximum atomic E-state index is 14.1. The lowest BCUT2D eigenvalue weighted by molar-refractivity contribution is -0.141. The SMILES string of the molecule is CCOC(=O)CNC(=O)N(Cc1c(C)nn(-c2cccc(F)c2)c1N1CCN(CC)CC1)C1CC1. The van der Waals surface area contributed by atoms with E-state index in [0.29, 0.717) is 12.2 Å². The van der Waals surface area contributed by atoms with Crippen molar-refractivity contribution in [3.05, 3.63) is 41.3 Å². The third-order valence-corrected chi connectivity index (χ3v) is 6.60. The zero-order valence-corrected chi connectivity index (χ0v) is 20.8. The van der Waals surface area contributed by atoms with Gasteiger partial charge in [-0.1, -0.05) is 13.0 Å². The zero-order chi connectivity index (χ0) is 24.9. The van der Waals surface area contributed by atoms with Gasteiger partial charge in [0.25, 0.3) is 0 Å². The maximum absolute atomic E-state index is 14.1. The molecule has 2 aromatic rings. The Bertz CT molecular complexity index is 1050. The number of hydrogen-bond acceptors (Lipinski definition) is 6. The van der Waals surface area contributed by atoms with Crippen LogP contribution in [0, 0.1) is 12.7 Å². The Morgan fingerprint density at radius 1 is 1.20 bits per heavy atom. The van der Waals surface area contributed by atoms with Crippen LogP contribution in [0.2, 0.25) is 0 Å². The van der Waals surface area contributed by atoms with Gasteiger partial charge in [-0.05, 0) is 51.4 Å². The quantitative estimate of drug-likeness (QED) is 0.549. The van der Waals surface area contributed by atoms with Crippen molar-refractivity contribution in [3.8, 4) is 5.69 Å². The van der Waals surface area contributed by atoms with Gasteiger partial charge < -0.3 is 24.8 Å². The second kappa shape index (κ2) is 11.1. The summed E-state index contributed by atoms with van der Waals surface area (Å²) in [5.41, 5.74) is 2.39. The topological polar surface area (TPSA) is 82.9 Å². The number of hydrogen-bond donors (Lipinski definition) is 1. The normalized spacial score (nSPS) is 16.3. The molecule has 190 valence electrons. The van der Waals surface area contributed by atoms with Crippen molar-refractivity contribution in [2.75, 3.05) is 50.8 Å². The molecule has 10 heteroatoms. The van der Waals surface area contributed by atoms with E-state index in [1.54, 1.807) is 22.6 Å². The number of nitrogens with zero attached hydrogens (tertiary/aromatic N) is 5. The van der Waals surface area contributed by atoms with Gasteiger partial charge in [-0.15, -0.1) is 0 Å². The summed E-state index contributed by atoms with van der Waals surface area (Å²) < 4.78 is 20.8. The third-order valence-electron chi connectivity index (χ3n) is 6.60. The molecule has 1 N–H and O–H groups in total. The van der Waals surface area contributed by atoms with Crippen LogP contribution in [-0.2, 0) is 16.1 Å². The molecule has 4 rings (SSSR count). The largest absolute Gasteiger partial charge is 0.465 e. The van der Waals surface area contributed by atoms with E-state index in [4.69, 9.17) is 9.84 Å². The average Bonchev–Trinajstić information content (AvgIpc) is 3.64. The van der Waals surface area contributed by atoms with Crippen LogP contribution in [0.15, 0.2) is 24.3 Å². The van der Waals surface area contributed by atoms with E-state index < -0.39 is 5.97 Å². The van der Waals surface area contributed by atoms with E-state index >= 15 is 0 Å². The van der Waals surface area contributed by atoms with Crippen molar-refractivity contribution in [1.29, 1.82) is 0 Å². The predicted octanol–water partition coefficient (Wildman–Crippen LogP) is 2.70. The molecule has 0 atom stereocenters. The highest BCUT2D eigenvalue weighted by Gasteiger charge is 2.35. The van der Waals surface area contributed by atoms with Crippen molar-refractivity contribution >= 4 is 17.8 Å². The number of likely N-dealkylation sites (N-methyl/N-ethyl adjacent to an activating group) is 1. The molecule has 2 amide bonds. The number of urea groups is 1. The molecule has 1 aromatic carbocycles. The summed E-state index contributed by atoms with van der Waals surface area (Å²) in [5, 5.41) is 7.49. The van der Waals surface area contributed by atoms with E-state index in [1.165, 1.54) is 12.1 Å². The molecule has 1 saturated heterocycles. The van der Waals surface area contributed by atoms with Gasteiger partial charge in [-0.3, -0.25) is 4.79 Å². The van der Waals surface area contributed by atoms with Gasteiger partial charge in [0.1, 0.15) is 18.2 Å². The Hall–Kier alpha value is -3.14. The number of carbonyl (C=O) groups excluding carboxylic acids is 2. The minimum atomic E-state index is -0.457.